The SMILES string of the molecule is O=C(Nc1nc(C2CC2)cs1)NC1CCc2[nH]ncc2C1. The first-order valence-electron chi connectivity index (χ1n) is 7.32. The van der Waals surface area contributed by atoms with Crippen molar-refractivity contribution in [2.75, 3.05) is 5.32 Å². The van der Waals surface area contributed by atoms with E-state index in [4.69, 9.17) is 0 Å². The molecule has 3 N–H and O–H groups in total. The number of nitrogens with zero attached hydrogens (tertiary/aromatic N) is 2. The summed E-state index contributed by atoms with van der Waals surface area (Å²) >= 11 is 1.50. The van der Waals surface area contributed by atoms with Gasteiger partial charge >= 0.3 is 6.03 Å². The first kappa shape index (κ1) is 12.8. The molecule has 0 bridgehead atoms. The molecular weight excluding hydrogens is 286 g/mol. The Bertz CT molecular complexity index is 660. The number of carbonyl (C=O) groups excluding carboxylic acids is 1. The molecule has 2 amide bonds. The summed E-state index contributed by atoms with van der Waals surface area (Å²) in [5.74, 6) is 0.623. The van der Waals surface area contributed by atoms with Gasteiger partial charge in [0.1, 0.15) is 0 Å². The maximum atomic E-state index is 12.0. The van der Waals surface area contributed by atoms with Gasteiger partial charge < -0.3 is 5.32 Å². The number of nitrogens with one attached hydrogen (secondary N) is 3. The van der Waals surface area contributed by atoms with Crippen LogP contribution in [0.4, 0.5) is 9.93 Å². The first-order chi connectivity index (χ1) is 10.3. The quantitative estimate of drug-likeness (QED) is 0.814. The summed E-state index contributed by atoms with van der Waals surface area (Å²) < 4.78 is 0. The Kier molecular flexibility index (Phi) is 3.14. The molecule has 4 rings (SSSR count). The third kappa shape index (κ3) is 2.78. The molecule has 2 aromatic rings. The van der Waals surface area contributed by atoms with E-state index >= 15 is 0 Å². The molecular formula is C14H17N5OS. The topological polar surface area (TPSA) is 82.7 Å². The minimum Gasteiger partial charge on any atom is -0.335 e. The summed E-state index contributed by atoms with van der Waals surface area (Å²) in [4.78, 5) is 16.5. The van der Waals surface area contributed by atoms with Gasteiger partial charge in [0.15, 0.2) is 5.13 Å². The summed E-state index contributed by atoms with van der Waals surface area (Å²) in [7, 11) is 0. The highest BCUT2D eigenvalue weighted by molar-refractivity contribution is 7.13. The number of aryl methyl sites for hydroxylation is 1. The predicted octanol–water partition coefficient (Wildman–Crippen LogP) is 2.42. The van der Waals surface area contributed by atoms with Crippen molar-refractivity contribution in [3.8, 4) is 0 Å². The van der Waals surface area contributed by atoms with Crippen molar-refractivity contribution in [1.29, 1.82) is 0 Å². The zero-order valence-corrected chi connectivity index (χ0v) is 12.4. The van der Waals surface area contributed by atoms with E-state index in [1.54, 1.807) is 0 Å². The van der Waals surface area contributed by atoms with Crippen LogP contribution in [0.1, 0.15) is 42.1 Å². The molecule has 1 unspecified atom stereocenters. The zero-order chi connectivity index (χ0) is 14.2. The molecule has 0 aliphatic heterocycles. The van der Waals surface area contributed by atoms with Gasteiger partial charge in [-0.2, -0.15) is 5.10 Å². The summed E-state index contributed by atoms with van der Waals surface area (Å²) in [5.41, 5.74) is 3.52. The van der Waals surface area contributed by atoms with Gasteiger partial charge in [-0.1, -0.05) is 0 Å². The summed E-state index contributed by atoms with van der Waals surface area (Å²) in [5, 5.41) is 15.7. The molecule has 1 saturated carbocycles. The Morgan fingerprint density at radius 2 is 2.29 bits per heavy atom. The Balaban J connectivity index is 1.33. The second-order valence-corrected chi connectivity index (χ2v) is 6.62. The highest BCUT2D eigenvalue weighted by Crippen LogP contribution is 2.40. The standard InChI is InChI=1S/C14H17N5OS/c20-13(18-14-17-12(7-21-14)8-1-2-8)16-10-3-4-11-9(5-10)6-15-19-11/h6-8,10H,1-5H2,(H,15,19)(H2,16,17,18,20). The van der Waals surface area contributed by atoms with Crippen LogP contribution in [0, 0.1) is 0 Å². The number of urea groups is 1. The number of fused-ring (bicyclic) bond motifs is 1. The van der Waals surface area contributed by atoms with Gasteiger partial charge in [-0.25, -0.2) is 9.78 Å². The van der Waals surface area contributed by atoms with Gasteiger partial charge in [0.25, 0.3) is 0 Å². The van der Waals surface area contributed by atoms with Crippen LogP contribution >= 0.6 is 11.3 Å². The normalized spacial score (nSPS) is 20.9. The maximum absolute atomic E-state index is 12.0. The molecule has 2 heterocycles. The molecule has 0 radical (unpaired) electrons. The van der Waals surface area contributed by atoms with E-state index in [2.05, 4.69) is 25.8 Å². The van der Waals surface area contributed by atoms with E-state index in [0.29, 0.717) is 11.0 Å². The average Bonchev–Trinajstić information content (AvgIpc) is 3.04. The molecule has 0 aromatic carbocycles. The number of amides is 2. The maximum Gasteiger partial charge on any atom is 0.321 e. The van der Waals surface area contributed by atoms with Crippen molar-refractivity contribution in [1.82, 2.24) is 20.5 Å². The zero-order valence-electron chi connectivity index (χ0n) is 11.6. The van der Waals surface area contributed by atoms with Crippen molar-refractivity contribution in [3.05, 3.63) is 28.5 Å². The summed E-state index contributed by atoms with van der Waals surface area (Å²) in [6.07, 6.45) is 7.01. The van der Waals surface area contributed by atoms with Crippen molar-refractivity contribution < 1.29 is 4.79 Å². The number of aromatic nitrogens is 3. The van der Waals surface area contributed by atoms with Crippen LogP contribution in [0.5, 0.6) is 0 Å². The van der Waals surface area contributed by atoms with E-state index < -0.39 is 0 Å². The largest absolute Gasteiger partial charge is 0.335 e. The smallest absolute Gasteiger partial charge is 0.321 e. The third-order valence-electron chi connectivity index (χ3n) is 4.09. The minimum atomic E-state index is -0.163. The minimum absolute atomic E-state index is 0.163. The van der Waals surface area contributed by atoms with E-state index in [0.717, 1.165) is 25.0 Å². The van der Waals surface area contributed by atoms with Gasteiger partial charge in [0.05, 0.1) is 11.9 Å². The Hall–Kier alpha value is -1.89. The van der Waals surface area contributed by atoms with Gasteiger partial charge in [-0.15, -0.1) is 11.3 Å². The lowest BCUT2D eigenvalue weighted by Gasteiger charge is -2.22. The van der Waals surface area contributed by atoms with Crippen LogP contribution in [0.2, 0.25) is 0 Å². The molecule has 1 atom stereocenters. The lowest BCUT2D eigenvalue weighted by molar-refractivity contribution is 0.247. The van der Waals surface area contributed by atoms with Crippen LogP contribution in [-0.2, 0) is 12.8 Å². The number of H-pyrrole nitrogens is 1. The molecule has 2 aromatic heterocycles. The monoisotopic (exact) mass is 303 g/mol. The number of anilines is 1. The Morgan fingerprint density at radius 3 is 3.14 bits per heavy atom. The number of carbonyl (C=O) groups is 1. The van der Waals surface area contributed by atoms with Crippen LogP contribution in [0.3, 0.4) is 0 Å². The Labute approximate surface area is 126 Å². The van der Waals surface area contributed by atoms with Crippen LogP contribution in [-0.4, -0.2) is 27.3 Å². The third-order valence-corrected chi connectivity index (χ3v) is 4.87. The number of hydrogen-bond donors (Lipinski definition) is 3. The van der Waals surface area contributed by atoms with Crippen molar-refractivity contribution >= 4 is 22.5 Å². The number of thiazole rings is 1. The van der Waals surface area contributed by atoms with Gasteiger partial charge in [0, 0.05) is 23.0 Å². The highest BCUT2D eigenvalue weighted by Gasteiger charge is 2.26. The summed E-state index contributed by atoms with van der Waals surface area (Å²) in [6, 6.07) is 0.00149. The van der Waals surface area contributed by atoms with E-state index in [1.807, 2.05) is 11.6 Å². The second-order valence-electron chi connectivity index (χ2n) is 5.76. The lowest BCUT2D eigenvalue weighted by atomic mass is 9.94. The van der Waals surface area contributed by atoms with Crippen LogP contribution in [0.15, 0.2) is 11.6 Å². The van der Waals surface area contributed by atoms with E-state index in [-0.39, 0.29) is 12.1 Å². The lowest BCUT2D eigenvalue weighted by Crippen LogP contribution is -2.41. The number of aromatic amines is 1. The molecule has 2 aliphatic carbocycles. The molecule has 21 heavy (non-hydrogen) atoms. The Morgan fingerprint density at radius 1 is 1.38 bits per heavy atom. The summed E-state index contributed by atoms with van der Waals surface area (Å²) in [6.45, 7) is 0. The fraction of sp³-hybridized carbons (Fsp3) is 0.500. The fourth-order valence-corrected chi connectivity index (χ4v) is 3.56. The highest BCUT2D eigenvalue weighted by atomic mass is 32.1. The molecule has 7 heteroatoms. The van der Waals surface area contributed by atoms with Crippen molar-refractivity contribution in [2.45, 2.75) is 44.1 Å². The fourth-order valence-electron chi connectivity index (χ4n) is 2.77. The second kappa shape index (κ2) is 5.14. The van der Waals surface area contributed by atoms with E-state index in [1.165, 1.54) is 35.4 Å². The van der Waals surface area contributed by atoms with Gasteiger partial charge in [0.2, 0.25) is 0 Å². The van der Waals surface area contributed by atoms with Crippen molar-refractivity contribution in [3.63, 3.8) is 0 Å². The van der Waals surface area contributed by atoms with Crippen LogP contribution in [0.25, 0.3) is 0 Å². The van der Waals surface area contributed by atoms with Crippen LogP contribution < -0.4 is 10.6 Å². The predicted molar refractivity (Wildman–Crippen MR) is 80.6 cm³/mol. The van der Waals surface area contributed by atoms with E-state index in [9.17, 15) is 4.79 Å². The molecule has 2 aliphatic rings. The molecule has 110 valence electrons. The molecule has 1 fully saturated rings. The van der Waals surface area contributed by atoms with Gasteiger partial charge in [-0.3, -0.25) is 10.4 Å². The number of rotatable bonds is 3. The molecule has 0 spiro atoms. The number of hydrogen-bond acceptors (Lipinski definition) is 4. The first-order valence-corrected chi connectivity index (χ1v) is 8.20. The van der Waals surface area contributed by atoms with Crippen molar-refractivity contribution in [2.24, 2.45) is 0 Å². The molecule has 6 nitrogen and oxygen atoms in total. The van der Waals surface area contributed by atoms with Gasteiger partial charge in [-0.05, 0) is 37.7 Å². The average molecular weight is 303 g/mol. The molecule has 0 saturated heterocycles.